The summed E-state index contributed by atoms with van der Waals surface area (Å²) in [4.78, 5) is 4.84. The first-order chi connectivity index (χ1) is 13.2. The summed E-state index contributed by atoms with van der Waals surface area (Å²) in [6, 6.07) is 17.9. The molecule has 1 atom stereocenters. The zero-order valence-corrected chi connectivity index (χ0v) is 16.0. The number of aliphatic imine (C=N–C) groups is 1. The summed E-state index contributed by atoms with van der Waals surface area (Å²) in [5.74, 6) is 1.68. The Morgan fingerprint density at radius 3 is 2.59 bits per heavy atom. The van der Waals surface area contributed by atoms with E-state index in [-0.39, 0.29) is 6.04 Å². The van der Waals surface area contributed by atoms with Crippen molar-refractivity contribution in [2.24, 2.45) is 4.99 Å². The molecule has 5 nitrogen and oxygen atoms in total. The van der Waals surface area contributed by atoms with Gasteiger partial charge >= 0.3 is 0 Å². The molecule has 0 fully saturated rings. The van der Waals surface area contributed by atoms with E-state index in [9.17, 15) is 0 Å². The summed E-state index contributed by atoms with van der Waals surface area (Å²) in [6.45, 7) is 0. The number of hydrogen-bond donors (Lipinski definition) is 2. The Hall–Kier alpha value is -2.91. The Balaban J connectivity index is 1.85. The summed E-state index contributed by atoms with van der Waals surface area (Å²) in [5, 5.41) is 13.0. The van der Waals surface area contributed by atoms with Gasteiger partial charge in [-0.15, -0.1) is 0 Å². The minimum Gasteiger partial charge on any atom is -0.497 e. The van der Waals surface area contributed by atoms with Gasteiger partial charge in [-0.25, -0.2) is 4.99 Å². The molecule has 6 heteroatoms. The Kier molecular flexibility index (Phi) is 6.39. The molecule has 0 bridgehead atoms. The Morgan fingerprint density at radius 1 is 1.19 bits per heavy atom. The summed E-state index contributed by atoms with van der Waals surface area (Å²) in [7, 11) is 1.66. The molecule has 0 amide bonds. The van der Waals surface area contributed by atoms with Crippen molar-refractivity contribution < 1.29 is 4.74 Å². The van der Waals surface area contributed by atoms with Crippen molar-refractivity contribution in [2.75, 3.05) is 18.6 Å². The first-order valence-corrected chi connectivity index (χ1v) is 9.74. The number of nitrogen functional groups attached to an aromatic ring is 1. The minimum atomic E-state index is -0.0804. The van der Waals surface area contributed by atoms with Gasteiger partial charge in [0.1, 0.15) is 5.75 Å². The first-order valence-electron chi connectivity index (χ1n) is 8.76. The number of nitriles is 1. The third-order valence-corrected chi connectivity index (χ3v) is 5.15. The number of nitrogens with two attached hydrogens (primary N) is 1. The van der Waals surface area contributed by atoms with E-state index in [4.69, 9.17) is 20.7 Å². The topological polar surface area (TPSA) is 83.4 Å². The molecule has 1 heterocycles. The van der Waals surface area contributed by atoms with E-state index in [1.807, 2.05) is 48.5 Å². The lowest BCUT2D eigenvalue weighted by atomic mass is 10.0. The van der Waals surface area contributed by atoms with Crippen LogP contribution in [0.15, 0.2) is 59.6 Å². The molecule has 3 rings (SSSR count). The predicted molar refractivity (Wildman–Crippen MR) is 112 cm³/mol. The smallest absolute Gasteiger partial charge is 0.161 e. The second-order valence-corrected chi connectivity index (χ2v) is 7.17. The highest BCUT2D eigenvalue weighted by atomic mass is 32.2. The fourth-order valence-corrected chi connectivity index (χ4v) is 3.56. The number of anilines is 1. The molecule has 1 aliphatic heterocycles. The molecular weight excluding hydrogens is 356 g/mol. The van der Waals surface area contributed by atoms with Gasteiger partial charge in [0.2, 0.25) is 0 Å². The molecule has 0 saturated heterocycles. The largest absolute Gasteiger partial charge is 0.497 e. The zero-order chi connectivity index (χ0) is 19.1. The van der Waals surface area contributed by atoms with Gasteiger partial charge in [0.05, 0.1) is 19.2 Å². The zero-order valence-electron chi connectivity index (χ0n) is 15.2. The van der Waals surface area contributed by atoms with Crippen LogP contribution in [0.2, 0.25) is 0 Å². The van der Waals surface area contributed by atoms with Gasteiger partial charge in [0, 0.05) is 23.6 Å². The van der Waals surface area contributed by atoms with Gasteiger partial charge < -0.3 is 15.8 Å². The molecule has 1 aliphatic rings. The molecule has 0 spiro atoms. The molecular formula is C21H22N4OS. The first kappa shape index (κ1) is 18.9. The molecule has 0 aliphatic carbocycles. The van der Waals surface area contributed by atoms with E-state index in [0.717, 1.165) is 45.6 Å². The molecule has 2 aromatic rings. The Labute approximate surface area is 163 Å². The van der Waals surface area contributed by atoms with Crippen LogP contribution < -0.4 is 15.8 Å². The van der Waals surface area contributed by atoms with Gasteiger partial charge in [0.25, 0.3) is 0 Å². The highest BCUT2D eigenvalue weighted by molar-refractivity contribution is 8.13. The van der Waals surface area contributed by atoms with E-state index in [0.29, 0.717) is 6.42 Å². The van der Waals surface area contributed by atoms with Gasteiger partial charge in [0.15, 0.2) is 5.17 Å². The van der Waals surface area contributed by atoms with Gasteiger partial charge in [-0.1, -0.05) is 36.0 Å². The number of methoxy groups -OCH3 is 1. The van der Waals surface area contributed by atoms with Crippen LogP contribution in [0.5, 0.6) is 5.75 Å². The van der Waals surface area contributed by atoms with Crippen LogP contribution in [-0.4, -0.2) is 18.0 Å². The van der Waals surface area contributed by atoms with Crippen LogP contribution in [0.4, 0.5) is 5.69 Å². The van der Waals surface area contributed by atoms with Crippen LogP contribution in [0.3, 0.4) is 0 Å². The summed E-state index contributed by atoms with van der Waals surface area (Å²) in [6.07, 6.45) is 3.52. The maximum absolute atomic E-state index is 8.72. The molecule has 1 unspecified atom stereocenters. The van der Waals surface area contributed by atoms with E-state index in [1.165, 1.54) is 0 Å². The SMILES string of the molecule is COc1ccc(C2C=C(c3ccc(N)cc3)NC(SCCCC#N)=N2)cc1. The van der Waals surface area contributed by atoms with Crippen LogP contribution >= 0.6 is 11.8 Å². The lowest BCUT2D eigenvalue weighted by Crippen LogP contribution is -2.24. The van der Waals surface area contributed by atoms with Crippen molar-refractivity contribution in [3.63, 3.8) is 0 Å². The van der Waals surface area contributed by atoms with Gasteiger partial charge in [-0.05, 0) is 47.9 Å². The number of amidine groups is 1. The Morgan fingerprint density at radius 2 is 1.93 bits per heavy atom. The lowest BCUT2D eigenvalue weighted by molar-refractivity contribution is 0.414. The van der Waals surface area contributed by atoms with E-state index in [2.05, 4.69) is 17.5 Å². The number of hydrogen-bond acceptors (Lipinski definition) is 6. The third-order valence-electron chi connectivity index (χ3n) is 4.17. The third kappa shape index (κ3) is 5.05. The van der Waals surface area contributed by atoms with Crippen molar-refractivity contribution in [2.45, 2.75) is 18.9 Å². The average molecular weight is 379 g/mol. The van der Waals surface area contributed by atoms with Crippen molar-refractivity contribution in [1.82, 2.24) is 5.32 Å². The molecule has 138 valence electrons. The summed E-state index contributed by atoms with van der Waals surface area (Å²) < 4.78 is 5.25. The quantitative estimate of drug-likeness (QED) is 0.576. The number of benzene rings is 2. The molecule has 2 aromatic carbocycles. The average Bonchev–Trinajstić information content (AvgIpc) is 2.71. The monoisotopic (exact) mass is 378 g/mol. The van der Waals surface area contributed by atoms with Crippen molar-refractivity contribution in [1.29, 1.82) is 5.26 Å². The molecule has 3 N–H and O–H groups in total. The standard InChI is InChI=1S/C21H22N4OS/c1-26-18-10-6-16(7-11-18)20-14-19(15-4-8-17(23)9-5-15)24-21(25-20)27-13-3-2-12-22/h4-11,14,20H,2-3,13,23H2,1H3,(H,24,25). The van der Waals surface area contributed by atoms with E-state index >= 15 is 0 Å². The van der Waals surface area contributed by atoms with E-state index < -0.39 is 0 Å². The van der Waals surface area contributed by atoms with Crippen LogP contribution in [0.25, 0.3) is 5.70 Å². The van der Waals surface area contributed by atoms with E-state index in [1.54, 1.807) is 18.9 Å². The summed E-state index contributed by atoms with van der Waals surface area (Å²) >= 11 is 1.64. The summed E-state index contributed by atoms with van der Waals surface area (Å²) in [5.41, 5.74) is 9.72. The number of nitrogens with one attached hydrogen (secondary N) is 1. The molecule has 0 radical (unpaired) electrons. The second-order valence-electron chi connectivity index (χ2n) is 6.09. The maximum atomic E-state index is 8.72. The lowest BCUT2D eigenvalue weighted by Gasteiger charge is -2.22. The Bertz CT molecular complexity index is 867. The number of rotatable bonds is 6. The number of thioether (sulfide) groups is 1. The fourth-order valence-electron chi connectivity index (χ4n) is 2.71. The maximum Gasteiger partial charge on any atom is 0.161 e. The fraction of sp³-hybridized carbons (Fsp3) is 0.238. The number of nitrogens with zero attached hydrogens (tertiary/aromatic N) is 2. The highest BCUT2D eigenvalue weighted by Gasteiger charge is 2.18. The van der Waals surface area contributed by atoms with Gasteiger partial charge in [-0.2, -0.15) is 5.26 Å². The molecule has 27 heavy (non-hydrogen) atoms. The number of ether oxygens (including phenoxy) is 1. The number of unbranched alkanes of at least 4 members (excludes halogenated alkanes) is 1. The molecule has 0 aromatic heterocycles. The van der Waals surface area contributed by atoms with Gasteiger partial charge in [-0.3, -0.25) is 0 Å². The normalized spacial score (nSPS) is 15.9. The minimum absolute atomic E-state index is 0.0804. The van der Waals surface area contributed by atoms with Crippen molar-refractivity contribution >= 4 is 28.3 Å². The highest BCUT2D eigenvalue weighted by Crippen LogP contribution is 2.30. The molecule has 0 saturated carbocycles. The van der Waals surface area contributed by atoms with Crippen LogP contribution in [-0.2, 0) is 0 Å². The van der Waals surface area contributed by atoms with Crippen LogP contribution in [0, 0.1) is 11.3 Å². The van der Waals surface area contributed by atoms with Crippen molar-refractivity contribution in [3.8, 4) is 11.8 Å². The predicted octanol–water partition coefficient (Wildman–Crippen LogP) is 4.36. The second kappa shape index (κ2) is 9.15. The van der Waals surface area contributed by atoms with Crippen LogP contribution in [0.1, 0.15) is 30.0 Å². The van der Waals surface area contributed by atoms with Crippen molar-refractivity contribution in [3.05, 3.63) is 65.7 Å².